The number of unbranched alkanes of at least 4 members (excludes halogenated alkanes) is 1. The molecule has 104 valence electrons. The summed E-state index contributed by atoms with van der Waals surface area (Å²) < 4.78 is 5.71. The van der Waals surface area contributed by atoms with Crippen LogP contribution in [0.1, 0.15) is 58.4 Å². The van der Waals surface area contributed by atoms with Gasteiger partial charge in [-0.25, -0.2) is 0 Å². The van der Waals surface area contributed by atoms with E-state index < -0.39 is 0 Å². The number of hydrogen-bond acceptors (Lipinski definition) is 2. The maximum absolute atomic E-state index is 8.92. The van der Waals surface area contributed by atoms with Gasteiger partial charge in [0.05, 0.1) is 18.1 Å². The van der Waals surface area contributed by atoms with Gasteiger partial charge in [-0.3, -0.25) is 0 Å². The van der Waals surface area contributed by atoms with Crippen molar-refractivity contribution in [2.24, 2.45) is 5.41 Å². The van der Waals surface area contributed by atoms with Crippen molar-refractivity contribution >= 4 is 0 Å². The van der Waals surface area contributed by atoms with E-state index in [4.69, 9.17) is 10.00 Å². The Kier molecular flexibility index (Phi) is 5.89. The minimum Gasteiger partial charge on any atom is -0.494 e. The van der Waals surface area contributed by atoms with E-state index in [1.807, 2.05) is 26.0 Å². The standard InChI is InChI=1S/C17H25NO/c1-14(2)15-7-9-16(10-8-15)19-12-6-5-11-17(3,4)13-18/h7-10,14H,5-6,11-12H2,1-4H3. The molecule has 0 unspecified atom stereocenters. The second-order valence-electron chi connectivity index (χ2n) is 6.02. The first kappa shape index (κ1) is 15.6. The zero-order valence-electron chi connectivity index (χ0n) is 12.6. The monoisotopic (exact) mass is 259 g/mol. The second-order valence-corrected chi connectivity index (χ2v) is 6.02. The van der Waals surface area contributed by atoms with Gasteiger partial charge in [-0.05, 0) is 56.7 Å². The zero-order valence-corrected chi connectivity index (χ0v) is 12.6. The minimum atomic E-state index is -0.209. The van der Waals surface area contributed by atoms with E-state index in [1.54, 1.807) is 0 Å². The molecule has 19 heavy (non-hydrogen) atoms. The highest BCUT2D eigenvalue weighted by Crippen LogP contribution is 2.22. The number of rotatable bonds is 7. The van der Waals surface area contributed by atoms with E-state index >= 15 is 0 Å². The highest BCUT2D eigenvalue weighted by Gasteiger charge is 2.15. The molecule has 0 aliphatic carbocycles. The van der Waals surface area contributed by atoms with Gasteiger partial charge in [0.1, 0.15) is 5.75 Å². The van der Waals surface area contributed by atoms with Gasteiger partial charge in [-0.1, -0.05) is 26.0 Å². The molecule has 1 aromatic rings. The number of ether oxygens (including phenoxy) is 1. The van der Waals surface area contributed by atoms with Gasteiger partial charge >= 0.3 is 0 Å². The first-order valence-corrected chi connectivity index (χ1v) is 7.08. The summed E-state index contributed by atoms with van der Waals surface area (Å²) >= 11 is 0. The Morgan fingerprint density at radius 1 is 1.16 bits per heavy atom. The van der Waals surface area contributed by atoms with Gasteiger partial charge in [-0.2, -0.15) is 5.26 Å². The van der Waals surface area contributed by atoms with Gasteiger partial charge in [-0.15, -0.1) is 0 Å². The summed E-state index contributed by atoms with van der Waals surface area (Å²) in [6.07, 6.45) is 2.96. The summed E-state index contributed by atoms with van der Waals surface area (Å²) in [4.78, 5) is 0. The maximum Gasteiger partial charge on any atom is 0.119 e. The van der Waals surface area contributed by atoms with Crippen LogP contribution in [-0.4, -0.2) is 6.61 Å². The molecular weight excluding hydrogens is 234 g/mol. The Hall–Kier alpha value is -1.49. The van der Waals surface area contributed by atoms with Crippen molar-refractivity contribution in [3.8, 4) is 11.8 Å². The highest BCUT2D eigenvalue weighted by atomic mass is 16.5. The molecule has 0 atom stereocenters. The van der Waals surface area contributed by atoms with Crippen LogP contribution in [0.5, 0.6) is 5.75 Å². The first-order valence-electron chi connectivity index (χ1n) is 7.08. The fraction of sp³-hybridized carbons (Fsp3) is 0.588. The molecule has 0 N–H and O–H groups in total. The van der Waals surface area contributed by atoms with E-state index in [1.165, 1.54) is 5.56 Å². The Labute approximate surface area is 117 Å². The van der Waals surface area contributed by atoms with Crippen LogP contribution < -0.4 is 4.74 Å². The second kappa shape index (κ2) is 7.19. The number of nitrogens with zero attached hydrogens (tertiary/aromatic N) is 1. The van der Waals surface area contributed by atoms with E-state index in [-0.39, 0.29) is 5.41 Å². The molecule has 1 rings (SSSR count). The predicted molar refractivity (Wildman–Crippen MR) is 79.3 cm³/mol. The van der Waals surface area contributed by atoms with Crippen molar-refractivity contribution in [3.05, 3.63) is 29.8 Å². The quantitative estimate of drug-likeness (QED) is 0.652. The van der Waals surface area contributed by atoms with Gasteiger partial charge < -0.3 is 4.74 Å². The van der Waals surface area contributed by atoms with Gasteiger partial charge in [0.25, 0.3) is 0 Å². The zero-order chi connectivity index (χ0) is 14.3. The molecule has 0 saturated heterocycles. The Morgan fingerprint density at radius 3 is 2.32 bits per heavy atom. The van der Waals surface area contributed by atoms with Gasteiger partial charge in [0.15, 0.2) is 0 Å². The SMILES string of the molecule is CC(C)c1ccc(OCCCCC(C)(C)C#N)cc1. The Morgan fingerprint density at radius 2 is 1.79 bits per heavy atom. The fourth-order valence-corrected chi connectivity index (χ4v) is 1.86. The van der Waals surface area contributed by atoms with Gasteiger partial charge in [0, 0.05) is 0 Å². The summed E-state index contributed by atoms with van der Waals surface area (Å²) in [5, 5.41) is 8.92. The lowest BCUT2D eigenvalue weighted by Crippen LogP contribution is -2.08. The molecule has 0 spiro atoms. The average Bonchev–Trinajstić information content (AvgIpc) is 2.39. The molecule has 0 aromatic heterocycles. The summed E-state index contributed by atoms with van der Waals surface area (Å²) in [5.74, 6) is 1.49. The minimum absolute atomic E-state index is 0.209. The van der Waals surface area contributed by atoms with Crippen LogP contribution in [0.15, 0.2) is 24.3 Å². The summed E-state index contributed by atoms with van der Waals surface area (Å²) in [7, 11) is 0. The molecule has 0 amide bonds. The molecule has 0 aliphatic rings. The largest absolute Gasteiger partial charge is 0.494 e. The molecule has 2 heteroatoms. The van der Waals surface area contributed by atoms with Crippen LogP contribution in [0, 0.1) is 16.7 Å². The third-order valence-electron chi connectivity index (χ3n) is 3.31. The molecule has 0 saturated carbocycles. The van der Waals surface area contributed by atoms with Crippen molar-refractivity contribution in [2.75, 3.05) is 6.61 Å². The maximum atomic E-state index is 8.92. The van der Waals surface area contributed by atoms with Crippen molar-refractivity contribution in [1.29, 1.82) is 5.26 Å². The van der Waals surface area contributed by atoms with Crippen LogP contribution in [0.4, 0.5) is 0 Å². The lowest BCUT2D eigenvalue weighted by atomic mass is 9.89. The van der Waals surface area contributed by atoms with Crippen LogP contribution >= 0.6 is 0 Å². The van der Waals surface area contributed by atoms with Crippen LogP contribution in [0.2, 0.25) is 0 Å². The summed E-state index contributed by atoms with van der Waals surface area (Å²) in [6, 6.07) is 10.6. The van der Waals surface area contributed by atoms with Crippen molar-refractivity contribution in [1.82, 2.24) is 0 Å². The van der Waals surface area contributed by atoms with Crippen molar-refractivity contribution in [2.45, 2.75) is 52.9 Å². The Bertz CT molecular complexity index is 412. The topological polar surface area (TPSA) is 33.0 Å². The third-order valence-corrected chi connectivity index (χ3v) is 3.31. The summed E-state index contributed by atoms with van der Waals surface area (Å²) in [6.45, 7) is 9.07. The molecule has 0 aliphatic heterocycles. The normalized spacial score (nSPS) is 11.4. The summed E-state index contributed by atoms with van der Waals surface area (Å²) in [5.41, 5.74) is 1.13. The van der Waals surface area contributed by atoms with Gasteiger partial charge in [0.2, 0.25) is 0 Å². The highest BCUT2D eigenvalue weighted by molar-refractivity contribution is 5.28. The lowest BCUT2D eigenvalue weighted by Gasteiger charge is -2.14. The average molecular weight is 259 g/mol. The third kappa shape index (κ3) is 5.79. The van der Waals surface area contributed by atoms with E-state index in [9.17, 15) is 0 Å². The van der Waals surface area contributed by atoms with Crippen LogP contribution in [0.25, 0.3) is 0 Å². The molecule has 1 aromatic carbocycles. The smallest absolute Gasteiger partial charge is 0.119 e. The molecule has 0 heterocycles. The van der Waals surface area contributed by atoms with E-state index in [2.05, 4.69) is 32.0 Å². The van der Waals surface area contributed by atoms with Crippen LogP contribution in [-0.2, 0) is 0 Å². The molecule has 0 bridgehead atoms. The number of nitriles is 1. The van der Waals surface area contributed by atoms with Crippen molar-refractivity contribution < 1.29 is 4.74 Å². The molecular formula is C17H25NO. The first-order chi connectivity index (χ1) is 8.94. The van der Waals surface area contributed by atoms with Crippen molar-refractivity contribution in [3.63, 3.8) is 0 Å². The lowest BCUT2D eigenvalue weighted by molar-refractivity contribution is 0.295. The molecule has 2 nitrogen and oxygen atoms in total. The molecule has 0 radical (unpaired) electrons. The fourth-order valence-electron chi connectivity index (χ4n) is 1.86. The van der Waals surface area contributed by atoms with E-state index in [0.717, 1.165) is 31.6 Å². The van der Waals surface area contributed by atoms with Crippen LogP contribution in [0.3, 0.4) is 0 Å². The van der Waals surface area contributed by atoms with E-state index in [0.29, 0.717) is 5.92 Å². The Balaban J connectivity index is 2.25. The number of hydrogen-bond donors (Lipinski definition) is 0. The predicted octanol–water partition coefficient (Wildman–Crippen LogP) is 4.91. The number of benzene rings is 1. The molecule has 0 fully saturated rings.